The SMILES string of the molecule is COCCOc1ncccc1C(=O)Nc1ccc(CN2CCN(Cc3ccccc3)CC2)cc1. The molecular weight excluding hydrogens is 428 g/mol. The van der Waals surface area contributed by atoms with E-state index in [1.807, 2.05) is 12.1 Å². The zero-order valence-corrected chi connectivity index (χ0v) is 19.7. The molecule has 0 bridgehead atoms. The number of anilines is 1. The van der Waals surface area contributed by atoms with Crippen molar-refractivity contribution in [3.8, 4) is 5.88 Å². The lowest BCUT2D eigenvalue weighted by Gasteiger charge is -2.34. The molecule has 1 aromatic heterocycles. The molecule has 2 heterocycles. The predicted octanol–water partition coefficient (Wildman–Crippen LogP) is 3.68. The number of carbonyl (C=O) groups is 1. The fourth-order valence-corrected chi connectivity index (χ4v) is 4.00. The minimum Gasteiger partial charge on any atom is -0.475 e. The van der Waals surface area contributed by atoms with Gasteiger partial charge in [0.25, 0.3) is 5.91 Å². The van der Waals surface area contributed by atoms with Gasteiger partial charge in [-0.05, 0) is 35.4 Å². The van der Waals surface area contributed by atoms with Crippen LogP contribution >= 0.6 is 0 Å². The summed E-state index contributed by atoms with van der Waals surface area (Å²) in [7, 11) is 1.60. The third kappa shape index (κ3) is 6.87. The molecule has 178 valence electrons. The molecule has 1 fully saturated rings. The highest BCUT2D eigenvalue weighted by atomic mass is 16.5. The van der Waals surface area contributed by atoms with Crippen molar-refractivity contribution in [3.05, 3.63) is 89.6 Å². The van der Waals surface area contributed by atoms with Crippen LogP contribution < -0.4 is 10.1 Å². The Balaban J connectivity index is 1.26. The van der Waals surface area contributed by atoms with E-state index < -0.39 is 0 Å². The van der Waals surface area contributed by atoms with Crippen molar-refractivity contribution in [2.45, 2.75) is 13.1 Å². The summed E-state index contributed by atoms with van der Waals surface area (Å²) in [5.41, 5.74) is 3.75. The number of piperazine rings is 1. The van der Waals surface area contributed by atoms with Crippen LogP contribution in [0.1, 0.15) is 21.5 Å². The monoisotopic (exact) mass is 460 g/mol. The fraction of sp³-hybridized carbons (Fsp3) is 0.333. The summed E-state index contributed by atoms with van der Waals surface area (Å²) in [4.78, 5) is 21.9. The molecule has 4 rings (SSSR count). The Labute approximate surface area is 201 Å². The number of ether oxygens (including phenoxy) is 2. The molecule has 0 radical (unpaired) electrons. The lowest BCUT2D eigenvalue weighted by molar-refractivity contribution is 0.101. The van der Waals surface area contributed by atoms with E-state index in [9.17, 15) is 4.79 Å². The number of carbonyl (C=O) groups excluding carboxylic acids is 1. The quantitative estimate of drug-likeness (QED) is 0.466. The highest BCUT2D eigenvalue weighted by molar-refractivity contribution is 6.05. The first-order valence-corrected chi connectivity index (χ1v) is 11.7. The maximum atomic E-state index is 12.8. The first-order chi connectivity index (χ1) is 16.7. The molecule has 7 heteroatoms. The van der Waals surface area contributed by atoms with E-state index in [1.54, 1.807) is 25.4 Å². The van der Waals surface area contributed by atoms with Gasteiger partial charge in [-0.1, -0.05) is 42.5 Å². The van der Waals surface area contributed by atoms with Gasteiger partial charge >= 0.3 is 0 Å². The largest absolute Gasteiger partial charge is 0.475 e. The van der Waals surface area contributed by atoms with Gasteiger partial charge in [0.2, 0.25) is 5.88 Å². The van der Waals surface area contributed by atoms with Gasteiger partial charge in [0.15, 0.2) is 0 Å². The number of benzene rings is 2. The van der Waals surface area contributed by atoms with Crippen LogP contribution in [0.2, 0.25) is 0 Å². The molecule has 1 aliphatic heterocycles. The van der Waals surface area contributed by atoms with Gasteiger partial charge in [-0.3, -0.25) is 14.6 Å². The molecule has 0 aliphatic carbocycles. The number of amides is 1. The van der Waals surface area contributed by atoms with Crippen LogP contribution in [0, 0.1) is 0 Å². The van der Waals surface area contributed by atoms with E-state index in [0.717, 1.165) is 45.0 Å². The van der Waals surface area contributed by atoms with Crippen LogP contribution in [-0.2, 0) is 17.8 Å². The summed E-state index contributed by atoms with van der Waals surface area (Å²) in [6.45, 7) is 6.94. The Kier molecular flexibility index (Phi) is 8.62. The lowest BCUT2D eigenvalue weighted by atomic mass is 10.1. The molecule has 0 spiro atoms. The number of nitrogens with one attached hydrogen (secondary N) is 1. The Morgan fingerprint density at radius 3 is 2.15 bits per heavy atom. The molecule has 34 heavy (non-hydrogen) atoms. The zero-order chi connectivity index (χ0) is 23.6. The molecule has 1 amide bonds. The molecule has 1 saturated heterocycles. The molecule has 2 aromatic carbocycles. The maximum absolute atomic E-state index is 12.8. The van der Waals surface area contributed by atoms with Gasteiger partial charge in [0, 0.05) is 58.3 Å². The Morgan fingerprint density at radius 2 is 1.50 bits per heavy atom. The Hall–Kier alpha value is -3.26. The van der Waals surface area contributed by atoms with Crippen LogP contribution in [0.25, 0.3) is 0 Å². The van der Waals surface area contributed by atoms with Crippen molar-refractivity contribution in [1.82, 2.24) is 14.8 Å². The number of pyridine rings is 1. The highest BCUT2D eigenvalue weighted by Crippen LogP contribution is 2.18. The van der Waals surface area contributed by atoms with Crippen LogP contribution in [0.15, 0.2) is 72.9 Å². The van der Waals surface area contributed by atoms with Gasteiger partial charge < -0.3 is 14.8 Å². The Bertz CT molecular complexity index is 1040. The highest BCUT2D eigenvalue weighted by Gasteiger charge is 2.17. The van der Waals surface area contributed by atoms with Crippen molar-refractivity contribution >= 4 is 11.6 Å². The molecule has 7 nitrogen and oxygen atoms in total. The number of nitrogens with zero attached hydrogens (tertiary/aromatic N) is 3. The molecule has 0 saturated carbocycles. The average Bonchev–Trinajstić information content (AvgIpc) is 2.87. The summed E-state index contributed by atoms with van der Waals surface area (Å²) in [5.74, 6) is 0.0582. The van der Waals surface area contributed by atoms with E-state index in [-0.39, 0.29) is 5.91 Å². The predicted molar refractivity (Wildman–Crippen MR) is 133 cm³/mol. The second-order valence-corrected chi connectivity index (χ2v) is 8.39. The number of hydrogen-bond donors (Lipinski definition) is 1. The first kappa shape index (κ1) is 23.9. The smallest absolute Gasteiger partial charge is 0.261 e. The Morgan fingerprint density at radius 1 is 0.853 bits per heavy atom. The van der Waals surface area contributed by atoms with E-state index in [0.29, 0.717) is 24.7 Å². The van der Waals surface area contributed by atoms with Crippen LogP contribution in [0.4, 0.5) is 5.69 Å². The third-order valence-corrected chi connectivity index (χ3v) is 5.87. The van der Waals surface area contributed by atoms with E-state index in [2.05, 4.69) is 62.6 Å². The molecule has 0 unspecified atom stereocenters. The fourth-order valence-electron chi connectivity index (χ4n) is 4.00. The minimum absolute atomic E-state index is 0.247. The normalized spacial score (nSPS) is 14.6. The van der Waals surface area contributed by atoms with Gasteiger partial charge in [-0.25, -0.2) is 4.98 Å². The van der Waals surface area contributed by atoms with Gasteiger partial charge in [-0.15, -0.1) is 0 Å². The minimum atomic E-state index is -0.247. The van der Waals surface area contributed by atoms with Crippen molar-refractivity contribution in [2.24, 2.45) is 0 Å². The topological polar surface area (TPSA) is 66.9 Å². The van der Waals surface area contributed by atoms with Crippen molar-refractivity contribution in [1.29, 1.82) is 0 Å². The lowest BCUT2D eigenvalue weighted by Crippen LogP contribution is -2.45. The van der Waals surface area contributed by atoms with Crippen LogP contribution in [0.3, 0.4) is 0 Å². The summed E-state index contributed by atoms with van der Waals surface area (Å²) in [6.07, 6.45) is 1.61. The van der Waals surface area contributed by atoms with E-state index in [4.69, 9.17) is 9.47 Å². The number of rotatable bonds is 10. The number of hydrogen-bond acceptors (Lipinski definition) is 6. The second kappa shape index (κ2) is 12.3. The molecule has 1 aliphatic rings. The maximum Gasteiger partial charge on any atom is 0.261 e. The van der Waals surface area contributed by atoms with Gasteiger partial charge in [0.05, 0.1) is 6.61 Å². The van der Waals surface area contributed by atoms with Crippen molar-refractivity contribution < 1.29 is 14.3 Å². The van der Waals surface area contributed by atoms with E-state index >= 15 is 0 Å². The number of aromatic nitrogens is 1. The first-order valence-electron chi connectivity index (χ1n) is 11.7. The summed E-state index contributed by atoms with van der Waals surface area (Å²) >= 11 is 0. The van der Waals surface area contributed by atoms with Crippen molar-refractivity contribution in [2.75, 3.05) is 51.8 Å². The van der Waals surface area contributed by atoms with Crippen LogP contribution in [0.5, 0.6) is 5.88 Å². The van der Waals surface area contributed by atoms with Crippen molar-refractivity contribution in [3.63, 3.8) is 0 Å². The standard InChI is InChI=1S/C27H32N4O3/c1-33-18-19-34-27-25(8-5-13-28-27)26(32)29-24-11-9-23(10-12-24)21-31-16-14-30(15-17-31)20-22-6-3-2-4-7-22/h2-13H,14-21H2,1H3,(H,29,32). The molecule has 3 aromatic rings. The molecule has 1 N–H and O–H groups in total. The number of methoxy groups -OCH3 is 1. The van der Waals surface area contributed by atoms with Gasteiger partial charge in [-0.2, -0.15) is 0 Å². The average molecular weight is 461 g/mol. The molecular formula is C27H32N4O3. The summed E-state index contributed by atoms with van der Waals surface area (Å²) in [6, 6.07) is 22.1. The second-order valence-electron chi connectivity index (χ2n) is 8.39. The summed E-state index contributed by atoms with van der Waals surface area (Å²) < 4.78 is 10.6. The summed E-state index contributed by atoms with van der Waals surface area (Å²) in [5, 5.41) is 2.94. The molecule has 0 atom stereocenters. The van der Waals surface area contributed by atoms with E-state index in [1.165, 1.54) is 11.1 Å². The van der Waals surface area contributed by atoms with Crippen LogP contribution in [-0.4, -0.2) is 67.2 Å². The van der Waals surface area contributed by atoms with Gasteiger partial charge in [0.1, 0.15) is 12.2 Å². The third-order valence-electron chi connectivity index (χ3n) is 5.87. The zero-order valence-electron chi connectivity index (χ0n) is 19.7.